The van der Waals surface area contributed by atoms with Crippen LogP contribution in [-0.4, -0.2) is 57.6 Å². The van der Waals surface area contributed by atoms with Gasteiger partial charge in [-0.1, -0.05) is 190 Å². The Morgan fingerprint density at radius 1 is 0.417 bits per heavy atom. The summed E-state index contributed by atoms with van der Waals surface area (Å²) < 4.78 is 0. The molecule has 0 fully saturated rings. The second-order valence-electron chi connectivity index (χ2n) is 13.5. The maximum absolute atomic E-state index is 12.3. The van der Waals surface area contributed by atoms with Crippen molar-refractivity contribution < 1.29 is 29.4 Å². The normalized spacial score (nSPS) is 12.5. The molecule has 10 heteroatoms. The monoisotopic (exact) mass is 716 g/mol. The van der Waals surface area contributed by atoms with Gasteiger partial charge in [-0.05, 0) is 12.8 Å². The topological polar surface area (TPSA) is 133 Å². The Labute approximate surface area is 301 Å². The lowest BCUT2D eigenvalue weighted by molar-refractivity contribution is -0.141. The van der Waals surface area contributed by atoms with E-state index < -0.39 is 24.0 Å². The van der Waals surface area contributed by atoms with Gasteiger partial charge >= 0.3 is 11.9 Å². The Hall–Kier alpha value is -1.42. The van der Waals surface area contributed by atoms with Gasteiger partial charge in [0, 0.05) is 24.3 Å². The van der Waals surface area contributed by atoms with Gasteiger partial charge in [-0.3, -0.25) is 9.59 Å². The Kier molecular flexibility index (Phi) is 34.4. The van der Waals surface area contributed by atoms with E-state index in [0.29, 0.717) is 12.8 Å². The third-order valence-corrected chi connectivity index (χ3v) is 11.3. The smallest absolute Gasteiger partial charge is 0.327 e. The highest BCUT2D eigenvalue weighted by atomic mass is 33.1. The van der Waals surface area contributed by atoms with Gasteiger partial charge in [0.1, 0.15) is 12.1 Å². The van der Waals surface area contributed by atoms with Gasteiger partial charge in [0.15, 0.2) is 0 Å². The van der Waals surface area contributed by atoms with Crippen LogP contribution in [-0.2, 0) is 19.2 Å². The van der Waals surface area contributed by atoms with Crippen LogP contribution in [0.1, 0.15) is 194 Å². The number of nitrogens with one attached hydrogen (secondary N) is 2. The number of aliphatic carboxylic acids is 2. The van der Waals surface area contributed by atoms with Gasteiger partial charge in [-0.25, -0.2) is 9.59 Å². The number of rotatable bonds is 37. The highest BCUT2D eigenvalue weighted by Crippen LogP contribution is 2.23. The molecule has 0 radical (unpaired) electrons. The Balaban J connectivity index is 3.93. The van der Waals surface area contributed by atoms with Gasteiger partial charge in [-0.2, -0.15) is 0 Å². The van der Waals surface area contributed by atoms with E-state index in [-0.39, 0.29) is 23.3 Å². The molecule has 2 amide bonds. The quantitative estimate of drug-likeness (QED) is 0.0369. The van der Waals surface area contributed by atoms with Crippen molar-refractivity contribution in [3.63, 3.8) is 0 Å². The van der Waals surface area contributed by atoms with Crippen LogP contribution < -0.4 is 10.6 Å². The van der Waals surface area contributed by atoms with E-state index in [1.807, 2.05) is 0 Å². The summed E-state index contributed by atoms with van der Waals surface area (Å²) in [6, 6.07) is -2.07. The SMILES string of the molecule is CCCCCCCCCCCCCCCC(=O)N[C@@H](CSSC[C@H](NC(=O)CCCCCCCCCCCCCCC)C(=O)O)C(=O)O. The zero-order chi connectivity index (χ0) is 35.5. The minimum absolute atomic E-state index is 0.115. The Bertz CT molecular complexity index is 737. The van der Waals surface area contributed by atoms with Crippen molar-refractivity contribution in [3.05, 3.63) is 0 Å². The highest BCUT2D eigenvalue weighted by molar-refractivity contribution is 8.76. The maximum Gasteiger partial charge on any atom is 0.327 e. The van der Waals surface area contributed by atoms with Crippen molar-refractivity contribution >= 4 is 45.3 Å². The van der Waals surface area contributed by atoms with Crippen LogP contribution in [0.3, 0.4) is 0 Å². The van der Waals surface area contributed by atoms with E-state index >= 15 is 0 Å². The molecule has 0 aliphatic carbocycles. The minimum atomic E-state index is -1.11. The van der Waals surface area contributed by atoms with Crippen LogP contribution in [0, 0.1) is 0 Å². The van der Waals surface area contributed by atoms with Crippen LogP contribution >= 0.6 is 21.6 Å². The highest BCUT2D eigenvalue weighted by Gasteiger charge is 2.23. The fraction of sp³-hybridized carbons (Fsp3) is 0.895. The molecule has 0 aliphatic heterocycles. The molecule has 0 rings (SSSR count). The first kappa shape index (κ1) is 46.6. The molecule has 0 aromatic carbocycles. The standard InChI is InChI=1S/C38H72N2O6S2/c1-3-5-7-9-11-13-15-17-19-21-23-25-27-29-35(41)39-33(37(43)44)31-47-48-32-34(38(45)46)40-36(42)30-28-26-24-22-20-18-16-14-12-10-8-6-4-2/h33-34H,3-32H2,1-2H3,(H,39,41)(H,40,42)(H,43,44)(H,45,46)/t33-,34-/m0/s1. The fourth-order valence-electron chi connectivity index (χ4n) is 5.72. The Morgan fingerprint density at radius 3 is 0.875 bits per heavy atom. The van der Waals surface area contributed by atoms with Crippen LogP contribution in [0.15, 0.2) is 0 Å². The lowest BCUT2D eigenvalue weighted by Crippen LogP contribution is -2.43. The Morgan fingerprint density at radius 2 is 0.646 bits per heavy atom. The van der Waals surface area contributed by atoms with Crippen molar-refractivity contribution in [1.29, 1.82) is 0 Å². The van der Waals surface area contributed by atoms with E-state index in [1.54, 1.807) is 0 Å². The fourth-order valence-corrected chi connectivity index (χ4v) is 8.03. The lowest BCUT2D eigenvalue weighted by atomic mass is 10.0. The first-order valence-corrected chi connectivity index (χ1v) is 22.1. The van der Waals surface area contributed by atoms with Crippen molar-refractivity contribution in [1.82, 2.24) is 10.6 Å². The molecule has 0 aliphatic rings. The molecule has 0 saturated heterocycles. The molecule has 4 N–H and O–H groups in total. The van der Waals surface area contributed by atoms with Gasteiger partial charge in [0.25, 0.3) is 0 Å². The molecule has 0 heterocycles. The van der Waals surface area contributed by atoms with Crippen molar-refractivity contribution in [2.24, 2.45) is 0 Å². The summed E-state index contributed by atoms with van der Waals surface area (Å²) >= 11 is 0. The molecule has 2 atom stereocenters. The molecule has 282 valence electrons. The number of hydrogen-bond acceptors (Lipinski definition) is 6. The van der Waals surface area contributed by atoms with E-state index in [1.165, 1.54) is 150 Å². The summed E-state index contributed by atoms with van der Waals surface area (Å²) in [6.45, 7) is 4.49. The number of hydrogen-bond donors (Lipinski definition) is 4. The lowest BCUT2D eigenvalue weighted by Gasteiger charge is -2.16. The van der Waals surface area contributed by atoms with Gasteiger partial charge in [-0.15, -0.1) is 0 Å². The maximum atomic E-state index is 12.3. The number of carbonyl (C=O) groups excluding carboxylic acids is 2. The summed E-state index contributed by atoms with van der Waals surface area (Å²) in [5, 5.41) is 24.3. The van der Waals surface area contributed by atoms with Crippen molar-refractivity contribution in [2.75, 3.05) is 11.5 Å². The minimum Gasteiger partial charge on any atom is -0.480 e. The molecule has 0 bridgehead atoms. The molecule has 8 nitrogen and oxygen atoms in total. The number of unbranched alkanes of at least 4 members (excludes halogenated alkanes) is 24. The summed E-state index contributed by atoms with van der Waals surface area (Å²) in [5.41, 5.74) is 0. The molecular formula is C38H72N2O6S2. The zero-order valence-corrected chi connectivity index (χ0v) is 32.3. The molecular weight excluding hydrogens is 645 g/mol. The summed E-state index contributed by atoms with van der Waals surface area (Å²) in [4.78, 5) is 48.0. The average molecular weight is 717 g/mol. The van der Waals surface area contributed by atoms with Crippen LogP contribution in [0.4, 0.5) is 0 Å². The predicted octanol–water partition coefficient (Wildman–Crippen LogP) is 10.5. The number of amides is 2. The van der Waals surface area contributed by atoms with Gasteiger partial charge in [0.05, 0.1) is 0 Å². The van der Waals surface area contributed by atoms with E-state index in [4.69, 9.17) is 0 Å². The molecule has 48 heavy (non-hydrogen) atoms. The first-order valence-electron chi connectivity index (χ1n) is 19.6. The van der Waals surface area contributed by atoms with E-state index in [9.17, 15) is 29.4 Å². The van der Waals surface area contributed by atoms with Gasteiger partial charge in [0.2, 0.25) is 11.8 Å². The van der Waals surface area contributed by atoms with Crippen molar-refractivity contribution in [3.8, 4) is 0 Å². The first-order chi connectivity index (χ1) is 23.3. The number of carbonyl (C=O) groups is 4. The zero-order valence-electron chi connectivity index (χ0n) is 30.7. The molecule has 0 unspecified atom stereocenters. The molecule has 0 aromatic heterocycles. The molecule has 0 saturated carbocycles. The summed E-state index contributed by atoms with van der Waals surface area (Å²) in [6.07, 6.45) is 32.4. The van der Waals surface area contributed by atoms with Gasteiger partial charge < -0.3 is 20.8 Å². The van der Waals surface area contributed by atoms with Crippen LogP contribution in [0.25, 0.3) is 0 Å². The molecule has 0 aromatic rings. The van der Waals surface area contributed by atoms with E-state index in [0.717, 1.165) is 38.5 Å². The largest absolute Gasteiger partial charge is 0.480 e. The average Bonchev–Trinajstić information content (AvgIpc) is 3.05. The predicted molar refractivity (Wildman–Crippen MR) is 205 cm³/mol. The third-order valence-electron chi connectivity index (χ3n) is 8.83. The van der Waals surface area contributed by atoms with Crippen LogP contribution in [0.2, 0.25) is 0 Å². The number of carboxylic acids is 2. The summed E-state index contributed by atoms with van der Waals surface area (Å²) in [5.74, 6) is -2.52. The summed E-state index contributed by atoms with van der Waals surface area (Å²) in [7, 11) is 2.39. The number of carboxylic acid groups (broad SMARTS) is 2. The van der Waals surface area contributed by atoms with E-state index in [2.05, 4.69) is 24.5 Å². The molecule has 0 spiro atoms. The van der Waals surface area contributed by atoms with Crippen molar-refractivity contribution in [2.45, 2.75) is 206 Å². The third kappa shape index (κ3) is 31.8. The van der Waals surface area contributed by atoms with Crippen LogP contribution in [0.5, 0.6) is 0 Å². The second kappa shape index (κ2) is 35.4. The second-order valence-corrected chi connectivity index (χ2v) is 16.0.